The second kappa shape index (κ2) is 4.89. The third-order valence-electron chi connectivity index (χ3n) is 4.47. The van der Waals surface area contributed by atoms with E-state index in [4.69, 9.17) is 0 Å². The average molecular weight is 268 g/mol. The molecule has 104 valence electrons. The highest BCUT2D eigenvalue weighted by Gasteiger charge is 2.27. The quantitative estimate of drug-likeness (QED) is 0.854. The zero-order valence-electron chi connectivity index (χ0n) is 12.3. The topological polar surface area (TPSA) is 34.9 Å². The number of hydrogen-bond donors (Lipinski definition) is 0. The molecule has 0 amide bonds. The largest absolute Gasteiger partial charge is 0.299 e. The van der Waals surface area contributed by atoms with Crippen LogP contribution >= 0.6 is 0 Å². The van der Waals surface area contributed by atoms with Crippen molar-refractivity contribution in [2.45, 2.75) is 39.0 Å². The Labute approximate surface area is 119 Å². The first-order valence-corrected chi connectivity index (χ1v) is 7.15. The zero-order valence-corrected chi connectivity index (χ0v) is 12.3. The van der Waals surface area contributed by atoms with E-state index in [0.29, 0.717) is 24.5 Å². The van der Waals surface area contributed by atoms with Gasteiger partial charge in [-0.2, -0.15) is 5.10 Å². The minimum absolute atomic E-state index is 0.323. The third kappa shape index (κ3) is 2.17. The maximum atomic E-state index is 12.3. The Morgan fingerprint density at radius 1 is 1.35 bits per heavy atom. The third-order valence-corrected chi connectivity index (χ3v) is 4.47. The fourth-order valence-electron chi connectivity index (χ4n) is 3.16. The van der Waals surface area contributed by atoms with Crippen LogP contribution in [-0.4, -0.2) is 15.6 Å². The summed E-state index contributed by atoms with van der Waals surface area (Å²) in [5, 5.41) is 4.38. The number of Topliss-reactive ketones (excluding diaryl/α,β-unsaturated/α-hetero) is 1. The molecule has 0 spiro atoms. The van der Waals surface area contributed by atoms with E-state index in [0.717, 1.165) is 23.4 Å². The van der Waals surface area contributed by atoms with Crippen molar-refractivity contribution >= 4 is 5.78 Å². The highest BCUT2D eigenvalue weighted by molar-refractivity contribution is 5.82. The number of hydrogen-bond acceptors (Lipinski definition) is 2. The summed E-state index contributed by atoms with van der Waals surface area (Å²) in [6, 6.07) is 8.44. The van der Waals surface area contributed by atoms with E-state index < -0.39 is 0 Å². The van der Waals surface area contributed by atoms with Crippen molar-refractivity contribution in [3.05, 3.63) is 52.3 Å². The number of fused-ring (bicyclic) bond motifs is 1. The van der Waals surface area contributed by atoms with E-state index in [9.17, 15) is 4.79 Å². The van der Waals surface area contributed by atoms with Gasteiger partial charge in [-0.05, 0) is 37.3 Å². The Morgan fingerprint density at radius 3 is 2.75 bits per heavy atom. The van der Waals surface area contributed by atoms with Crippen LogP contribution in [0.1, 0.15) is 40.4 Å². The van der Waals surface area contributed by atoms with Crippen LogP contribution in [0.25, 0.3) is 0 Å². The summed E-state index contributed by atoms with van der Waals surface area (Å²) in [7, 11) is 1.93. The van der Waals surface area contributed by atoms with Crippen LogP contribution in [0, 0.1) is 13.8 Å². The van der Waals surface area contributed by atoms with E-state index in [2.05, 4.69) is 29.4 Å². The summed E-state index contributed by atoms with van der Waals surface area (Å²) in [5.74, 6) is 0.750. The van der Waals surface area contributed by atoms with Gasteiger partial charge in [0.2, 0.25) is 0 Å². The van der Waals surface area contributed by atoms with Gasteiger partial charge in [-0.3, -0.25) is 9.48 Å². The van der Waals surface area contributed by atoms with Gasteiger partial charge in [0.05, 0.1) is 5.69 Å². The molecule has 3 rings (SSSR count). The molecule has 0 saturated carbocycles. The molecule has 0 fully saturated rings. The van der Waals surface area contributed by atoms with Crippen LogP contribution in [0.4, 0.5) is 0 Å². The Balaban J connectivity index is 1.67. The van der Waals surface area contributed by atoms with E-state index in [1.54, 1.807) is 0 Å². The molecule has 1 unspecified atom stereocenters. The van der Waals surface area contributed by atoms with Crippen LogP contribution in [0.15, 0.2) is 24.3 Å². The van der Waals surface area contributed by atoms with Gasteiger partial charge in [0.1, 0.15) is 5.78 Å². The molecule has 0 saturated heterocycles. The molecule has 20 heavy (non-hydrogen) atoms. The number of aromatic nitrogens is 2. The average Bonchev–Trinajstić information content (AvgIpc) is 2.63. The van der Waals surface area contributed by atoms with Crippen molar-refractivity contribution in [1.29, 1.82) is 0 Å². The zero-order chi connectivity index (χ0) is 14.3. The molecule has 1 heterocycles. The molecule has 1 aliphatic carbocycles. The number of carbonyl (C=O) groups is 1. The lowest BCUT2D eigenvalue weighted by atomic mass is 9.74. The molecule has 0 aliphatic heterocycles. The summed E-state index contributed by atoms with van der Waals surface area (Å²) in [6.45, 7) is 4.01. The summed E-state index contributed by atoms with van der Waals surface area (Å²) < 4.78 is 1.86. The van der Waals surface area contributed by atoms with E-state index in [-0.39, 0.29) is 0 Å². The van der Waals surface area contributed by atoms with Gasteiger partial charge >= 0.3 is 0 Å². The van der Waals surface area contributed by atoms with E-state index in [1.807, 2.05) is 25.6 Å². The lowest BCUT2D eigenvalue weighted by Crippen LogP contribution is -2.21. The molecule has 0 N–H and O–H groups in total. The van der Waals surface area contributed by atoms with E-state index >= 15 is 0 Å². The fraction of sp³-hybridized carbons (Fsp3) is 0.412. The van der Waals surface area contributed by atoms with Crippen molar-refractivity contribution in [2.24, 2.45) is 7.05 Å². The lowest BCUT2D eigenvalue weighted by Gasteiger charge is -2.29. The monoisotopic (exact) mass is 268 g/mol. The molecular weight excluding hydrogens is 248 g/mol. The first-order valence-electron chi connectivity index (χ1n) is 7.15. The molecule has 1 aliphatic rings. The minimum atomic E-state index is 0.323. The number of carbonyl (C=O) groups excluding carboxylic acids is 1. The highest BCUT2D eigenvalue weighted by Crippen LogP contribution is 2.37. The first kappa shape index (κ1) is 13.1. The lowest BCUT2D eigenvalue weighted by molar-refractivity contribution is -0.118. The van der Waals surface area contributed by atoms with Crippen molar-refractivity contribution in [2.75, 3.05) is 0 Å². The van der Waals surface area contributed by atoms with Gasteiger partial charge in [0.25, 0.3) is 0 Å². The van der Waals surface area contributed by atoms with Crippen molar-refractivity contribution < 1.29 is 4.79 Å². The van der Waals surface area contributed by atoms with Crippen molar-refractivity contribution in [3.63, 3.8) is 0 Å². The molecule has 1 aromatic heterocycles. The smallest absolute Gasteiger partial charge is 0.138 e. The SMILES string of the molecule is Cc1nn(C)c(C)c1CC(=O)CC1Cc2ccccc21. The van der Waals surface area contributed by atoms with Crippen LogP contribution in [0.2, 0.25) is 0 Å². The standard InChI is InChI=1S/C17H20N2O/c1-11-17(12(2)19(3)18-11)10-15(20)9-14-8-13-6-4-5-7-16(13)14/h4-7,14H,8-10H2,1-3H3. The molecule has 3 nitrogen and oxygen atoms in total. The maximum Gasteiger partial charge on any atom is 0.138 e. The van der Waals surface area contributed by atoms with Gasteiger partial charge < -0.3 is 0 Å². The predicted molar refractivity (Wildman–Crippen MR) is 78.9 cm³/mol. The number of aryl methyl sites for hydroxylation is 2. The van der Waals surface area contributed by atoms with Crippen LogP contribution in [0.3, 0.4) is 0 Å². The van der Waals surface area contributed by atoms with Crippen LogP contribution in [-0.2, 0) is 24.7 Å². The van der Waals surface area contributed by atoms with Gasteiger partial charge in [-0.15, -0.1) is 0 Å². The molecule has 1 atom stereocenters. The van der Waals surface area contributed by atoms with Crippen LogP contribution in [0.5, 0.6) is 0 Å². The summed E-state index contributed by atoms with van der Waals surface area (Å²) in [4.78, 5) is 12.3. The van der Waals surface area contributed by atoms with Crippen molar-refractivity contribution in [3.8, 4) is 0 Å². The van der Waals surface area contributed by atoms with Gasteiger partial charge in [0, 0.05) is 31.1 Å². The number of benzene rings is 1. The second-order valence-electron chi connectivity index (χ2n) is 5.79. The Bertz CT molecular complexity index is 670. The Hall–Kier alpha value is -1.90. The normalized spacial score (nSPS) is 16.6. The second-order valence-corrected chi connectivity index (χ2v) is 5.79. The number of ketones is 1. The summed E-state index contributed by atoms with van der Waals surface area (Å²) in [6.07, 6.45) is 2.22. The molecular formula is C17H20N2O. The van der Waals surface area contributed by atoms with E-state index in [1.165, 1.54) is 11.1 Å². The fourth-order valence-corrected chi connectivity index (χ4v) is 3.16. The van der Waals surface area contributed by atoms with Gasteiger partial charge in [0.15, 0.2) is 0 Å². The number of nitrogens with zero attached hydrogens (tertiary/aromatic N) is 2. The minimum Gasteiger partial charge on any atom is -0.299 e. The maximum absolute atomic E-state index is 12.3. The van der Waals surface area contributed by atoms with Crippen LogP contribution < -0.4 is 0 Å². The molecule has 0 radical (unpaired) electrons. The van der Waals surface area contributed by atoms with Gasteiger partial charge in [-0.25, -0.2) is 0 Å². The van der Waals surface area contributed by atoms with Gasteiger partial charge in [-0.1, -0.05) is 24.3 Å². The molecule has 1 aromatic carbocycles. The number of rotatable bonds is 4. The predicted octanol–water partition coefficient (Wildman–Crippen LogP) is 2.88. The Morgan fingerprint density at radius 2 is 2.10 bits per heavy atom. The first-order chi connectivity index (χ1) is 9.56. The Kier molecular flexibility index (Phi) is 3.20. The summed E-state index contributed by atoms with van der Waals surface area (Å²) in [5.41, 5.74) is 5.95. The summed E-state index contributed by atoms with van der Waals surface area (Å²) >= 11 is 0. The van der Waals surface area contributed by atoms with Crippen molar-refractivity contribution in [1.82, 2.24) is 9.78 Å². The molecule has 0 bridgehead atoms. The highest BCUT2D eigenvalue weighted by atomic mass is 16.1. The molecule has 3 heteroatoms. The molecule has 2 aromatic rings.